The van der Waals surface area contributed by atoms with Gasteiger partial charge in [0.2, 0.25) is 0 Å². The van der Waals surface area contributed by atoms with Crippen molar-refractivity contribution in [2.24, 2.45) is 21.7 Å². The molecule has 2 fully saturated rings. The SMILES string of the molecule is CN=C(NCC1CCCOC1C(C)(C)C)NCC1(C)COC1.I. The lowest BCUT2D eigenvalue weighted by Crippen LogP contribution is -2.52. The molecule has 2 atom stereocenters. The first kappa shape index (κ1) is 21.0. The molecule has 136 valence electrons. The monoisotopic (exact) mass is 439 g/mol. The van der Waals surface area contributed by atoms with E-state index in [9.17, 15) is 0 Å². The van der Waals surface area contributed by atoms with Gasteiger partial charge in [0.05, 0.1) is 19.3 Å². The molecule has 2 aliphatic heterocycles. The highest BCUT2D eigenvalue weighted by molar-refractivity contribution is 14.0. The quantitative estimate of drug-likeness (QED) is 0.402. The molecule has 2 heterocycles. The fourth-order valence-corrected chi connectivity index (χ4v) is 3.31. The van der Waals surface area contributed by atoms with Crippen molar-refractivity contribution in [3.63, 3.8) is 0 Å². The van der Waals surface area contributed by atoms with Crippen molar-refractivity contribution in [2.45, 2.75) is 46.6 Å². The first-order valence-electron chi connectivity index (χ1n) is 8.48. The van der Waals surface area contributed by atoms with Gasteiger partial charge in [-0.2, -0.15) is 0 Å². The van der Waals surface area contributed by atoms with Gasteiger partial charge in [0.15, 0.2) is 5.96 Å². The van der Waals surface area contributed by atoms with Crippen LogP contribution in [-0.2, 0) is 9.47 Å². The lowest BCUT2D eigenvalue weighted by Gasteiger charge is -2.41. The summed E-state index contributed by atoms with van der Waals surface area (Å²) >= 11 is 0. The summed E-state index contributed by atoms with van der Waals surface area (Å²) in [6.07, 6.45) is 2.68. The van der Waals surface area contributed by atoms with Gasteiger partial charge < -0.3 is 20.1 Å². The number of guanidine groups is 1. The summed E-state index contributed by atoms with van der Waals surface area (Å²) < 4.78 is 11.3. The molecule has 2 saturated heterocycles. The molecule has 2 N–H and O–H groups in total. The number of nitrogens with zero attached hydrogens (tertiary/aromatic N) is 1. The van der Waals surface area contributed by atoms with Crippen LogP contribution in [0.25, 0.3) is 0 Å². The van der Waals surface area contributed by atoms with Gasteiger partial charge in [-0.05, 0) is 18.3 Å². The largest absolute Gasteiger partial charge is 0.380 e. The van der Waals surface area contributed by atoms with Gasteiger partial charge >= 0.3 is 0 Å². The number of ether oxygens (including phenoxy) is 2. The Balaban J connectivity index is 0.00000264. The zero-order valence-corrected chi connectivity index (χ0v) is 17.6. The van der Waals surface area contributed by atoms with Gasteiger partial charge in [0, 0.05) is 38.1 Å². The van der Waals surface area contributed by atoms with E-state index in [-0.39, 0.29) is 34.8 Å². The predicted octanol–water partition coefficient (Wildman–Crippen LogP) is 2.65. The highest BCUT2D eigenvalue weighted by Gasteiger charge is 2.36. The molecule has 0 spiro atoms. The van der Waals surface area contributed by atoms with E-state index in [1.807, 2.05) is 7.05 Å². The number of hydrogen-bond acceptors (Lipinski definition) is 3. The molecular formula is C17H34IN3O2. The summed E-state index contributed by atoms with van der Waals surface area (Å²) in [5.41, 5.74) is 0.431. The summed E-state index contributed by atoms with van der Waals surface area (Å²) in [4.78, 5) is 4.33. The molecular weight excluding hydrogens is 405 g/mol. The smallest absolute Gasteiger partial charge is 0.191 e. The highest BCUT2D eigenvalue weighted by Crippen LogP contribution is 2.33. The Morgan fingerprint density at radius 2 is 1.96 bits per heavy atom. The van der Waals surface area contributed by atoms with E-state index in [4.69, 9.17) is 9.47 Å². The van der Waals surface area contributed by atoms with E-state index in [1.54, 1.807) is 0 Å². The minimum atomic E-state index is 0. The molecule has 5 nitrogen and oxygen atoms in total. The molecule has 23 heavy (non-hydrogen) atoms. The fraction of sp³-hybridized carbons (Fsp3) is 0.941. The van der Waals surface area contributed by atoms with E-state index < -0.39 is 0 Å². The van der Waals surface area contributed by atoms with Crippen LogP contribution in [0.4, 0.5) is 0 Å². The Hall–Kier alpha value is -0.0800. The average molecular weight is 439 g/mol. The molecule has 0 aliphatic carbocycles. The molecule has 0 saturated carbocycles. The number of aliphatic imine (C=N–C) groups is 1. The second-order valence-electron chi connectivity index (χ2n) is 8.17. The number of rotatable bonds is 4. The average Bonchev–Trinajstić information content (AvgIpc) is 2.45. The molecule has 0 aromatic rings. The molecule has 2 unspecified atom stereocenters. The van der Waals surface area contributed by atoms with Crippen LogP contribution >= 0.6 is 24.0 Å². The summed E-state index contributed by atoms with van der Waals surface area (Å²) in [7, 11) is 1.83. The van der Waals surface area contributed by atoms with Gasteiger partial charge in [-0.25, -0.2) is 0 Å². The second kappa shape index (κ2) is 8.85. The molecule has 2 rings (SSSR count). The van der Waals surface area contributed by atoms with E-state index >= 15 is 0 Å². The van der Waals surface area contributed by atoms with Crippen LogP contribution in [0, 0.1) is 16.7 Å². The highest BCUT2D eigenvalue weighted by atomic mass is 127. The summed E-state index contributed by atoms with van der Waals surface area (Å²) in [5.74, 6) is 1.42. The Morgan fingerprint density at radius 3 is 2.48 bits per heavy atom. The molecule has 2 aliphatic rings. The van der Waals surface area contributed by atoms with E-state index in [0.29, 0.717) is 12.0 Å². The third-order valence-electron chi connectivity index (χ3n) is 4.64. The van der Waals surface area contributed by atoms with Crippen molar-refractivity contribution < 1.29 is 9.47 Å². The second-order valence-corrected chi connectivity index (χ2v) is 8.17. The first-order chi connectivity index (χ1) is 10.3. The molecule has 6 heteroatoms. The first-order valence-corrected chi connectivity index (χ1v) is 8.48. The standard InChI is InChI=1S/C17H33N3O2.HI/c1-16(2,3)14-13(7-6-8-22-14)9-19-15(18-5)20-10-17(4)11-21-12-17;/h13-14H,6-12H2,1-5H3,(H2,18,19,20);1H. The molecule has 0 aromatic carbocycles. The number of halogens is 1. The van der Waals surface area contributed by atoms with Crippen LogP contribution in [0.1, 0.15) is 40.5 Å². The lowest BCUT2D eigenvalue weighted by atomic mass is 9.78. The topological polar surface area (TPSA) is 54.9 Å². The van der Waals surface area contributed by atoms with Gasteiger partial charge in [-0.3, -0.25) is 4.99 Å². The van der Waals surface area contributed by atoms with Crippen LogP contribution in [0.15, 0.2) is 4.99 Å². The molecule has 0 aromatic heterocycles. The number of hydrogen-bond donors (Lipinski definition) is 2. The molecule has 0 amide bonds. The van der Waals surface area contributed by atoms with E-state index in [2.05, 4.69) is 43.3 Å². The van der Waals surface area contributed by atoms with Crippen molar-refractivity contribution in [3.05, 3.63) is 0 Å². The zero-order chi connectivity index (χ0) is 16.2. The maximum atomic E-state index is 6.04. The Kier molecular flexibility index (Phi) is 8.07. The summed E-state index contributed by atoms with van der Waals surface area (Å²) in [6.45, 7) is 13.4. The Bertz CT molecular complexity index is 392. The third-order valence-corrected chi connectivity index (χ3v) is 4.64. The van der Waals surface area contributed by atoms with Gasteiger partial charge in [0.25, 0.3) is 0 Å². The Morgan fingerprint density at radius 1 is 1.26 bits per heavy atom. The van der Waals surface area contributed by atoms with Crippen LogP contribution in [0.3, 0.4) is 0 Å². The van der Waals surface area contributed by atoms with Crippen molar-refractivity contribution in [1.29, 1.82) is 0 Å². The van der Waals surface area contributed by atoms with Crippen LogP contribution in [0.2, 0.25) is 0 Å². The Labute approximate surface area is 158 Å². The van der Waals surface area contributed by atoms with Crippen LogP contribution in [-0.4, -0.2) is 52.0 Å². The maximum Gasteiger partial charge on any atom is 0.191 e. The minimum Gasteiger partial charge on any atom is -0.380 e. The molecule has 0 bridgehead atoms. The van der Waals surface area contributed by atoms with Crippen LogP contribution in [0.5, 0.6) is 0 Å². The number of nitrogens with one attached hydrogen (secondary N) is 2. The van der Waals surface area contributed by atoms with Crippen molar-refractivity contribution in [1.82, 2.24) is 10.6 Å². The van der Waals surface area contributed by atoms with Crippen molar-refractivity contribution >= 4 is 29.9 Å². The minimum absolute atomic E-state index is 0. The normalized spacial score (nSPS) is 27.6. The fourth-order valence-electron chi connectivity index (χ4n) is 3.31. The van der Waals surface area contributed by atoms with E-state index in [1.165, 1.54) is 6.42 Å². The van der Waals surface area contributed by atoms with Gasteiger partial charge in [0.1, 0.15) is 0 Å². The third kappa shape index (κ3) is 6.05. The predicted molar refractivity (Wildman–Crippen MR) is 106 cm³/mol. The summed E-state index contributed by atoms with van der Waals surface area (Å²) in [6, 6.07) is 0. The zero-order valence-electron chi connectivity index (χ0n) is 15.3. The lowest BCUT2D eigenvalue weighted by molar-refractivity contribution is -0.0972. The van der Waals surface area contributed by atoms with Gasteiger partial charge in [-0.15, -0.1) is 24.0 Å². The van der Waals surface area contributed by atoms with Gasteiger partial charge in [-0.1, -0.05) is 27.7 Å². The van der Waals surface area contributed by atoms with Crippen LogP contribution < -0.4 is 10.6 Å². The maximum absolute atomic E-state index is 6.04. The summed E-state index contributed by atoms with van der Waals surface area (Å²) in [5, 5.41) is 6.90. The molecule has 0 radical (unpaired) electrons. The van der Waals surface area contributed by atoms with Crippen molar-refractivity contribution in [3.8, 4) is 0 Å². The van der Waals surface area contributed by atoms with E-state index in [0.717, 1.165) is 45.3 Å². The van der Waals surface area contributed by atoms with Crippen molar-refractivity contribution in [2.75, 3.05) is 40.0 Å².